The molecule has 3 aliphatic heterocycles. The Kier molecular flexibility index (Phi) is 4.50. The van der Waals surface area contributed by atoms with Crippen molar-refractivity contribution < 1.29 is 15.8 Å². The number of halogens is 1. The van der Waals surface area contributed by atoms with Gasteiger partial charge in [-0.1, -0.05) is 28.4 Å². The number of piperidine rings is 2. The maximum absolute atomic E-state index is 12.8. The van der Waals surface area contributed by atoms with E-state index in [2.05, 4.69) is 32.2 Å². The topological polar surface area (TPSA) is 69.7 Å². The first-order valence-corrected chi connectivity index (χ1v) is 9.82. The van der Waals surface area contributed by atoms with Crippen LogP contribution in [-0.2, 0) is 22.7 Å². The number of hydrogen-bond donors (Lipinski definition) is 1. The Labute approximate surface area is 162 Å². The Balaban J connectivity index is 1.51. The molecule has 3 amide bonds. The molecule has 4 rings (SSSR count). The van der Waals surface area contributed by atoms with Gasteiger partial charge < -0.3 is 4.90 Å². The summed E-state index contributed by atoms with van der Waals surface area (Å²) >= 11 is 3.59. The molecule has 0 bridgehead atoms. The molecular weight excluding hydrogens is 398 g/mol. The molecule has 1 atom stereocenters. The number of likely N-dealkylation sites (tertiary alicyclic amines) is 1. The van der Waals surface area contributed by atoms with E-state index < -0.39 is 6.04 Å². The van der Waals surface area contributed by atoms with Crippen molar-refractivity contribution in [3.05, 3.63) is 33.3 Å². The Hall–Kier alpha value is -1.73. The maximum atomic E-state index is 12.8. The lowest BCUT2D eigenvalue weighted by atomic mass is 10.0. The second-order valence-corrected chi connectivity index (χ2v) is 8.00. The molecule has 0 saturated carbocycles. The Morgan fingerprint density at radius 1 is 1.23 bits per heavy atom. The lowest BCUT2D eigenvalue weighted by Gasteiger charge is -2.29. The fourth-order valence-corrected chi connectivity index (χ4v) is 4.43. The zero-order valence-corrected chi connectivity index (χ0v) is 16.0. The summed E-state index contributed by atoms with van der Waals surface area (Å²) in [5, 5.41) is 2.33. The van der Waals surface area contributed by atoms with Crippen LogP contribution >= 0.6 is 15.9 Å². The van der Waals surface area contributed by atoms with Crippen LogP contribution in [0.2, 0.25) is 0 Å². The third-order valence-electron chi connectivity index (χ3n) is 5.38. The maximum Gasteiger partial charge on any atom is 0.255 e. The molecule has 26 heavy (non-hydrogen) atoms. The summed E-state index contributed by atoms with van der Waals surface area (Å²) in [6.07, 6.45) is 2.47. The largest absolute Gasteiger partial charge is 0.322 e. The monoisotopic (exact) mass is 420 g/mol. The average molecular weight is 421 g/mol. The second-order valence-electron chi connectivity index (χ2n) is 7.14. The SMILES string of the molecule is [2H]C1CCN(Cc2cc3c(cc2Br)C(=O)N(C2CCC(=O)NC2=O)C3)CC1. The zero-order valence-electron chi connectivity index (χ0n) is 15.5. The number of carbonyl (C=O) groups is 3. The van der Waals surface area contributed by atoms with Crippen molar-refractivity contribution in [2.45, 2.75) is 51.2 Å². The lowest BCUT2D eigenvalue weighted by molar-refractivity contribution is -0.136. The van der Waals surface area contributed by atoms with Crippen LogP contribution in [0.5, 0.6) is 0 Å². The normalized spacial score (nSPS) is 25.3. The van der Waals surface area contributed by atoms with Gasteiger partial charge in [0.15, 0.2) is 0 Å². The molecule has 7 heteroatoms. The zero-order chi connectivity index (χ0) is 19.1. The van der Waals surface area contributed by atoms with E-state index in [9.17, 15) is 14.4 Å². The van der Waals surface area contributed by atoms with Crippen molar-refractivity contribution in [1.29, 1.82) is 0 Å². The second kappa shape index (κ2) is 7.12. The standard InChI is InChI=1S/C19H22BrN3O3/c20-15-9-14-12(8-13(15)10-22-6-2-1-3-7-22)11-23(19(14)26)16-4-5-17(24)21-18(16)25/h8-9,16H,1-7,10-11H2,(H,21,24,25)/i1D. The molecule has 6 nitrogen and oxygen atoms in total. The Morgan fingerprint density at radius 3 is 2.73 bits per heavy atom. The van der Waals surface area contributed by atoms with Crippen LogP contribution in [0.3, 0.4) is 0 Å². The van der Waals surface area contributed by atoms with Crippen LogP contribution < -0.4 is 5.32 Å². The molecule has 2 saturated heterocycles. The molecule has 0 spiro atoms. The van der Waals surface area contributed by atoms with Crippen LogP contribution in [0.15, 0.2) is 16.6 Å². The van der Waals surface area contributed by atoms with Crippen molar-refractivity contribution in [1.82, 2.24) is 15.1 Å². The summed E-state index contributed by atoms with van der Waals surface area (Å²) in [7, 11) is 0. The molecule has 1 aromatic rings. The van der Waals surface area contributed by atoms with Gasteiger partial charge in [-0.25, -0.2) is 0 Å². The number of nitrogens with one attached hydrogen (secondary N) is 1. The summed E-state index contributed by atoms with van der Waals surface area (Å²) in [6, 6.07) is 3.33. The highest BCUT2D eigenvalue weighted by molar-refractivity contribution is 9.10. The quantitative estimate of drug-likeness (QED) is 0.760. The van der Waals surface area contributed by atoms with Crippen LogP contribution in [0, 0.1) is 0 Å². The van der Waals surface area contributed by atoms with Gasteiger partial charge in [0.2, 0.25) is 11.8 Å². The first-order valence-electron chi connectivity index (χ1n) is 9.60. The summed E-state index contributed by atoms with van der Waals surface area (Å²) in [4.78, 5) is 40.3. The van der Waals surface area contributed by atoms with Crippen LogP contribution in [0.1, 0.15) is 54.9 Å². The van der Waals surface area contributed by atoms with Crippen molar-refractivity contribution in [3.8, 4) is 0 Å². The Morgan fingerprint density at radius 2 is 2.00 bits per heavy atom. The summed E-state index contributed by atoms with van der Waals surface area (Å²) in [5.41, 5.74) is 2.67. The van der Waals surface area contributed by atoms with E-state index in [4.69, 9.17) is 1.37 Å². The molecule has 3 heterocycles. The van der Waals surface area contributed by atoms with E-state index in [-0.39, 0.29) is 30.5 Å². The number of benzene rings is 1. The minimum Gasteiger partial charge on any atom is -0.322 e. The molecule has 1 N–H and O–H groups in total. The number of carbonyl (C=O) groups excluding carboxylic acids is 3. The number of nitrogens with zero attached hydrogens (tertiary/aromatic N) is 2. The first kappa shape index (κ1) is 16.4. The Bertz CT molecular complexity index is 808. The van der Waals surface area contributed by atoms with E-state index >= 15 is 0 Å². The molecule has 0 aromatic heterocycles. The first-order chi connectivity index (χ1) is 12.9. The third kappa shape index (κ3) is 3.30. The van der Waals surface area contributed by atoms with Gasteiger partial charge in [0, 0.05) is 30.9 Å². The number of hydrogen-bond acceptors (Lipinski definition) is 4. The fraction of sp³-hybridized carbons (Fsp3) is 0.526. The van der Waals surface area contributed by atoms with E-state index in [1.54, 1.807) is 4.90 Å². The predicted molar refractivity (Wildman–Crippen MR) is 99.3 cm³/mol. The number of amides is 3. The number of imide groups is 1. The smallest absolute Gasteiger partial charge is 0.255 e. The third-order valence-corrected chi connectivity index (χ3v) is 6.12. The van der Waals surface area contributed by atoms with Gasteiger partial charge >= 0.3 is 0 Å². The number of rotatable bonds is 3. The van der Waals surface area contributed by atoms with Gasteiger partial charge in [0.1, 0.15) is 6.04 Å². The molecule has 2 fully saturated rings. The minimum absolute atomic E-state index is 0.0458. The van der Waals surface area contributed by atoms with Crippen LogP contribution in [0.25, 0.3) is 0 Å². The fourth-order valence-electron chi connectivity index (χ4n) is 3.96. The van der Waals surface area contributed by atoms with Gasteiger partial charge in [-0.3, -0.25) is 24.6 Å². The summed E-state index contributed by atoms with van der Waals surface area (Å²) in [5.74, 6) is -0.811. The minimum atomic E-state index is -0.582. The molecule has 0 radical (unpaired) electrons. The van der Waals surface area contributed by atoms with E-state index in [1.165, 1.54) is 0 Å². The van der Waals surface area contributed by atoms with Crippen molar-refractivity contribution in [2.24, 2.45) is 0 Å². The highest BCUT2D eigenvalue weighted by atomic mass is 79.9. The van der Waals surface area contributed by atoms with Crippen molar-refractivity contribution in [2.75, 3.05) is 13.1 Å². The highest BCUT2D eigenvalue weighted by Gasteiger charge is 2.39. The molecular formula is C19H22BrN3O3. The van der Waals surface area contributed by atoms with Gasteiger partial charge in [-0.2, -0.15) is 0 Å². The van der Waals surface area contributed by atoms with Crippen molar-refractivity contribution >= 4 is 33.7 Å². The van der Waals surface area contributed by atoms with Crippen LogP contribution in [-0.4, -0.2) is 46.7 Å². The van der Waals surface area contributed by atoms with Gasteiger partial charge in [0.05, 0.1) is 0 Å². The molecule has 3 aliphatic rings. The van der Waals surface area contributed by atoms with Gasteiger partial charge in [-0.05, 0) is 49.5 Å². The summed E-state index contributed by atoms with van der Waals surface area (Å²) < 4.78 is 8.72. The molecule has 1 unspecified atom stereocenters. The average Bonchev–Trinajstić information content (AvgIpc) is 2.93. The van der Waals surface area contributed by atoms with Gasteiger partial charge in [0.25, 0.3) is 5.91 Å². The van der Waals surface area contributed by atoms with Gasteiger partial charge in [-0.15, -0.1) is 0 Å². The predicted octanol–water partition coefficient (Wildman–Crippen LogP) is 2.20. The molecule has 138 valence electrons. The van der Waals surface area contributed by atoms with Crippen molar-refractivity contribution in [3.63, 3.8) is 0 Å². The van der Waals surface area contributed by atoms with E-state index in [1.807, 2.05) is 6.07 Å². The number of fused-ring (bicyclic) bond motifs is 1. The van der Waals surface area contributed by atoms with E-state index in [0.29, 0.717) is 18.5 Å². The van der Waals surface area contributed by atoms with E-state index in [0.717, 1.165) is 48.1 Å². The molecule has 1 aromatic carbocycles. The lowest BCUT2D eigenvalue weighted by Crippen LogP contribution is -2.52. The highest BCUT2D eigenvalue weighted by Crippen LogP contribution is 2.32. The van der Waals surface area contributed by atoms with Crippen LogP contribution in [0.4, 0.5) is 0 Å². The molecule has 0 aliphatic carbocycles. The summed E-state index contributed by atoms with van der Waals surface area (Å²) in [6.45, 7) is 3.01.